The van der Waals surface area contributed by atoms with Crippen molar-refractivity contribution in [2.45, 2.75) is 46.8 Å². The van der Waals surface area contributed by atoms with E-state index in [1.807, 2.05) is 37.5 Å². The zero-order chi connectivity index (χ0) is 29.4. The number of halogens is 2. The van der Waals surface area contributed by atoms with Crippen LogP contribution >= 0.6 is 11.6 Å². The van der Waals surface area contributed by atoms with E-state index in [2.05, 4.69) is 10.2 Å². The number of rotatable bonds is 7. The van der Waals surface area contributed by atoms with E-state index in [0.29, 0.717) is 63.7 Å². The van der Waals surface area contributed by atoms with Gasteiger partial charge in [0.15, 0.2) is 0 Å². The zero-order valence-corrected chi connectivity index (χ0v) is 24.5. The number of benzene rings is 2. The second-order valence-electron chi connectivity index (χ2n) is 10.9. The molecule has 0 unspecified atom stereocenters. The molecule has 1 aliphatic heterocycles. The number of amides is 1. The number of carbonyl (C=O) groups is 1. The first-order valence-corrected chi connectivity index (χ1v) is 14.1. The van der Waals surface area contributed by atoms with Gasteiger partial charge in [-0.1, -0.05) is 23.7 Å². The summed E-state index contributed by atoms with van der Waals surface area (Å²) in [6.07, 6.45) is 1.81. The quantitative estimate of drug-likeness (QED) is 0.303. The van der Waals surface area contributed by atoms with E-state index in [-0.39, 0.29) is 24.0 Å². The van der Waals surface area contributed by atoms with Crippen molar-refractivity contribution in [3.63, 3.8) is 0 Å². The van der Waals surface area contributed by atoms with E-state index in [9.17, 15) is 9.59 Å². The van der Waals surface area contributed by atoms with Crippen LogP contribution < -0.4 is 16.7 Å². The summed E-state index contributed by atoms with van der Waals surface area (Å²) in [7, 11) is 0. The molecule has 216 valence electrons. The maximum absolute atomic E-state index is 15.3. The Morgan fingerprint density at radius 2 is 1.85 bits per heavy atom. The lowest BCUT2D eigenvalue weighted by Gasteiger charge is -2.26. The van der Waals surface area contributed by atoms with Crippen LogP contribution in [0.25, 0.3) is 22.0 Å². The van der Waals surface area contributed by atoms with Crippen molar-refractivity contribution in [2.24, 2.45) is 0 Å². The number of nitrogens with two attached hydrogens (primary N) is 1. The minimum Gasteiger partial charge on any atom is -0.379 e. The number of fused-ring (bicyclic) bond motifs is 1. The summed E-state index contributed by atoms with van der Waals surface area (Å²) in [6.45, 7) is 11.0. The predicted molar refractivity (Wildman–Crippen MR) is 160 cm³/mol. The van der Waals surface area contributed by atoms with Crippen LogP contribution in [0.3, 0.4) is 0 Å². The fourth-order valence-electron chi connectivity index (χ4n) is 5.39. The Balaban J connectivity index is 1.52. The third-order valence-corrected chi connectivity index (χ3v) is 8.04. The number of hydrogen-bond acceptors (Lipinski definition) is 5. The van der Waals surface area contributed by atoms with E-state index < -0.39 is 5.91 Å². The summed E-state index contributed by atoms with van der Waals surface area (Å²) in [4.78, 5) is 28.6. The van der Waals surface area contributed by atoms with Crippen molar-refractivity contribution in [1.82, 2.24) is 19.5 Å². The third kappa shape index (κ3) is 5.75. The SMILES string of the molecule is Cc1cc(C)n(N)c(=O)c1CNC(=O)c1cc(-c2ccc(CN3CCOCC3)c(F)c2)cc2c1c(Cl)cn2C(C)C. The summed E-state index contributed by atoms with van der Waals surface area (Å²) in [5, 5.41) is 3.92. The van der Waals surface area contributed by atoms with Crippen molar-refractivity contribution < 1.29 is 13.9 Å². The number of carbonyl (C=O) groups excluding carboxylic acids is 1. The topological polar surface area (TPSA) is 94.5 Å². The van der Waals surface area contributed by atoms with Crippen LogP contribution in [0, 0.1) is 19.7 Å². The van der Waals surface area contributed by atoms with Crippen molar-refractivity contribution in [2.75, 3.05) is 32.1 Å². The zero-order valence-electron chi connectivity index (χ0n) is 23.8. The molecule has 0 aliphatic carbocycles. The lowest BCUT2D eigenvalue weighted by atomic mass is 9.98. The van der Waals surface area contributed by atoms with Crippen molar-refractivity contribution in [3.05, 3.63) is 91.7 Å². The van der Waals surface area contributed by atoms with Crippen LogP contribution in [0.1, 0.15) is 52.6 Å². The average Bonchev–Trinajstić information content (AvgIpc) is 3.29. The van der Waals surface area contributed by atoms with Crippen LogP contribution in [0.2, 0.25) is 5.02 Å². The first-order chi connectivity index (χ1) is 19.5. The van der Waals surface area contributed by atoms with Crippen LogP contribution in [-0.4, -0.2) is 46.4 Å². The molecule has 5 rings (SSSR count). The number of aryl methyl sites for hydroxylation is 2. The molecular formula is C31H35ClFN5O3. The van der Waals surface area contributed by atoms with Gasteiger partial charge in [0.05, 0.1) is 29.3 Å². The highest BCUT2D eigenvalue weighted by molar-refractivity contribution is 6.37. The molecular weight excluding hydrogens is 545 g/mol. The molecule has 0 bridgehead atoms. The molecule has 1 fully saturated rings. The van der Waals surface area contributed by atoms with Gasteiger partial charge in [-0.2, -0.15) is 0 Å². The molecule has 3 heterocycles. The van der Waals surface area contributed by atoms with Crippen LogP contribution in [0.4, 0.5) is 4.39 Å². The number of morpholine rings is 1. The third-order valence-electron chi connectivity index (χ3n) is 7.76. The van der Waals surface area contributed by atoms with Gasteiger partial charge >= 0.3 is 0 Å². The first kappa shape index (κ1) is 28.9. The molecule has 41 heavy (non-hydrogen) atoms. The molecule has 0 radical (unpaired) electrons. The highest BCUT2D eigenvalue weighted by Gasteiger charge is 2.21. The second kappa shape index (κ2) is 11.7. The van der Waals surface area contributed by atoms with Crippen molar-refractivity contribution in [1.29, 1.82) is 0 Å². The van der Waals surface area contributed by atoms with Gasteiger partial charge in [0, 0.05) is 60.6 Å². The minimum absolute atomic E-state index is 0.0000737. The Hall–Kier alpha value is -3.66. The Kier molecular flexibility index (Phi) is 8.22. The largest absolute Gasteiger partial charge is 0.379 e. The molecule has 1 saturated heterocycles. The maximum atomic E-state index is 15.3. The van der Waals surface area contributed by atoms with Gasteiger partial charge in [0.2, 0.25) is 0 Å². The Morgan fingerprint density at radius 1 is 1.12 bits per heavy atom. The standard InChI is InChI=1S/C31H35ClFN5O3/c1-18(2)37-17-26(32)29-24(30(39)35-15-25-19(3)11-20(4)38(34)31(25)40)12-23(14-28(29)37)21-5-6-22(27(33)13-21)16-36-7-9-41-10-8-36/h5-6,11-14,17-18H,7-10,15-16,34H2,1-4H3,(H,35,39). The van der Waals surface area contributed by atoms with Crippen molar-refractivity contribution >= 4 is 28.4 Å². The molecule has 0 saturated carbocycles. The molecule has 4 aromatic rings. The number of nitrogen functional groups attached to an aromatic ring is 1. The molecule has 2 aromatic heterocycles. The number of aromatic nitrogens is 2. The lowest BCUT2D eigenvalue weighted by Crippen LogP contribution is -2.35. The summed E-state index contributed by atoms with van der Waals surface area (Å²) >= 11 is 6.67. The smallest absolute Gasteiger partial charge is 0.274 e. The molecule has 0 spiro atoms. The predicted octanol–water partition coefficient (Wildman–Crippen LogP) is 4.94. The second-order valence-corrected chi connectivity index (χ2v) is 11.3. The fourth-order valence-corrected chi connectivity index (χ4v) is 5.69. The summed E-state index contributed by atoms with van der Waals surface area (Å²) in [6, 6.07) is 10.7. The molecule has 2 aromatic carbocycles. The van der Waals surface area contributed by atoms with Gasteiger partial charge < -0.3 is 20.5 Å². The minimum atomic E-state index is -0.396. The summed E-state index contributed by atoms with van der Waals surface area (Å²) in [5.41, 5.74) is 4.47. The average molecular weight is 580 g/mol. The van der Waals surface area contributed by atoms with E-state index in [1.54, 1.807) is 31.3 Å². The number of hydrogen-bond donors (Lipinski definition) is 2. The van der Waals surface area contributed by atoms with Gasteiger partial charge in [0.25, 0.3) is 11.5 Å². The number of nitrogens with one attached hydrogen (secondary N) is 1. The van der Waals surface area contributed by atoms with Gasteiger partial charge in [-0.3, -0.25) is 14.5 Å². The lowest BCUT2D eigenvalue weighted by molar-refractivity contribution is 0.0337. The molecule has 0 atom stereocenters. The summed E-state index contributed by atoms with van der Waals surface area (Å²) in [5.74, 6) is 5.19. The number of pyridine rings is 1. The number of nitrogens with zero attached hydrogens (tertiary/aromatic N) is 3. The Bertz CT molecular complexity index is 1690. The monoisotopic (exact) mass is 579 g/mol. The highest BCUT2D eigenvalue weighted by Crippen LogP contribution is 2.36. The first-order valence-electron chi connectivity index (χ1n) is 13.7. The molecule has 10 heteroatoms. The molecule has 1 amide bonds. The van der Waals surface area contributed by atoms with Crippen LogP contribution in [0.15, 0.2) is 47.4 Å². The summed E-state index contributed by atoms with van der Waals surface area (Å²) < 4.78 is 23.8. The van der Waals surface area contributed by atoms with Gasteiger partial charge in [0.1, 0.15) is 5.82 Å². The highest BCUT2D eigenvalue weighted by atomic mass is 35.5. The van der Waals surface area contributed by atoms with Crippen LogP contribution in [-0.2, 0) is 17.8 Å². The molecule has 3 N–H and O–H groups in total. The fraction of sp³-hybridized carbons (Fsp3) is 0.355. The Labute approximate surface area is 243 Å². The molecule has 1 aliphatic rings. The van der Waals surface area contributed by atoms with Gasteiger partial charge in [-0.05, 0) is 68.7 Å². The van der Waals surface area contributed by atoms with E-state index >= 15 is 4.39 Å². The normalized spacial score (nSPS) is 14.2. The molecule has 8 nitrogen and oxygen atoms in total. The van der Waals surface area contributed by atoms with Crippen molar-refractivity contribution in [3.8, 4) is 11.1 Å². The van der Waals surface area contributed by atoms with Gasteiger partial charge in [-0.25, -0.2) is 9.07 Å². The number of ether oxygens (including phenoxy) is 1. The maximum Gasteiger partial charge on any atom is 0.274 e. The van der Waals surface area contributed by atoms with Gasteiger partial charge in [-0.15, -0.1) is 0 Å². The van der Waals surface area contributed by atoms with E-state index in [4.69, 9.17) is 22.2 Å². The van der Waals surface area contributed by atoms with Crippen LogP contribution in [0.5, 0.6) is 0 Å². The van der Waals surface area contributed by atoms with E-state index in [0.717, 1.165) is 28.8 Å². The Morgan fingerprint density at radius 3 is 2.54 bits per heavy atom. The van der Waals surface area contributed by atoms with E-state index in [1.165, 1.54) is 6.07 Å².